The average molecular weight is 221 g/mol. The van der Waals surface area contributed by atoms with E-state index in [0.717, 1.165) is 19.5 Å². The lowest BCUT2D eigenvalue weighted by Gasteiger charge is -2.18. The third-order valence-corrected chi connectivity index (χ3v) is 2.72. The van der Waals surface area contributed by atoms with Crippen LogP contribution in [0.5, 0.6) is 5.75 Å². The Balaban J connectivity index is 2.14. The minimum Gasteiger partial charge on any atom is -0.479 e. The molecule has 2 N–H and O–H groups in total. The predicted octanol–water partition coefficient (Wildman–Crippen LogP) is 1.18. The number of hydrogen-bond acceptors (Lipinski definition) is 3. The van der Waals surface area contributed by atoms with Crippen molar-refractivity contribution in [2.75, 3.05) is 6.54 Å². The number of fused-ring (bicyclic) bond motifs is 1. The lowest BCUT2D eigenvalue weighted by molar-refractivity contribution is -0.144. The minimum atomic E-state index is -0.945. The molecule has 0 amide bonds. The molecule has 2 rings (SSSR count). The molecule has 1 aromatic rings. The van der Waals surface area contributed by atoms with Crippen molar-refractivity contribution in [3.8, 4) is 5.75 Å². The molecule has 1 unspecified atom stereocenters. The van der Waals surface area contributed by atoms with E-state index in [2.05, 4.69) is 5.32 Å². The Morgan fingerprint density at radius 1 is 1.50 bits per heavy atom. The van der Waals surface area contributed by atoms with Crippen molar-refractivity contribution in [1.29, 1.82) is 0 Å². The monoisotopic (exact) mass is 221 g/mol. The van der Waals surface area contributed by atoms with Gasteiger partial charge in [0, 0.05) is 6.54 Å². The predicted molar refractivity (Wildman–Crippen MR) is 59.6 cm³/mol. The zero-order valence-corrected chi connectivity index (χ0v) is 9.19. The summed E-state index contributed by atoms with van der Waals surface area (Å²) < 4.78 is 5.32. The second kappa shape index (κ2) is 4.53. The largest absolute Gasteiger partial charge is 0.479 e. The van der Waals surface area contributed by atoms with E-state index in [9.17, 15) is 4.79 Å². The molecule has 1 heterocycles. The fraction of sp³-hybridized carbons (Fsp3) is 0.417. The first kappa shape index (κ1) is 11.0. The zero-order valence-electron chi connectivity index (χ0n) is 9.19. The van der Waals surface area contributed by atoms with Gasteiger partial charge in [-0.3, -0.25) is 0 Å². The van der Waals surface area contributed by atoms with Crippen LogP contribution in [-0.4, -0.2) is 23.7 Å². The maximum absolute atomic E-state index is 10.7. The van der Waals surface area contributed by atoms with Crippen LogP contribution in [-0.2, 0) is 17.8 Å². The van der Waals surface area contributed by atoms with E-state index in [1.54, 1.807) is 0 Å². The minimum absolute atomic E-state index is 0.635. The maximum atomic E-state index is 10.7. The highest BCUT2D eigenvalue weighted by molar-refractivity contribution is 5.72. The fourth-order valence-electron chi connectivity index (χ4n) is 1.78. The van der Waals surface area contributed by atoms with Crippen LogP contribution in [0.25, 0.3) is 0 Å². The van der Waals surface area contributed by atoms with Crippen LogP contribution in [0.15, 0.2) is 18.2 Å². The first-order chi connectivity index (χ1) is 7.66. The van der Waals surface area contributed by atoms with Gasteiger partial charge in [-0.1, -0.05) is 6.07 Å². The number of rotatable bonds is 3. The van der Waals surface area contributed by atoms with Crippen molar-refractivity contribution in [3.05, 3.63) is 29.3 Å². The molecule has 0 spiro atoms. The van der Waals surface area contributed by atoms with Crippen molar-refractivity contribution in [2.24, 2.45) is 0 Å². The lowest BCUT2D eigenvalue weighted by Crippen LogP contribution is -2.25. The van der Waals surface area contributed by atoms with Gasteiger partial charge in [-0.15, -0.1) is 0 Å². The van der Waals surface area contributed by atoms with E-state index in [1.807, 2.05) is 18.2 Å². The number of benzene rings is 1. The van der Waals surface area contributed by atoms with Gasteiger partial charge in [-0.2, -0.15) is 0 Å². The van der Waals surface area contributed by atoms with E-state index in [4.69, 9.17) is 9.84 Å². The van der Waals surface area contributed by atoms with E-state index in [1.165, 1.54) is 18.1 Å². The summed E-state index contributed by atoms with van der Waals surface area (Å²) in [6, 6.07) is 5.76. The summed E-state index contributed by atoms with van der Waals surface area (Å²) in [5.41, 5.74) is 2.51. The standard InChI is InChI=1S/C12H15NO3/c1-8(12(14)15)16-11-3-2-10-7-13-5-4-9(10)6-11/h2-3,6,8,13H,4-5,7H2,1H3,(H,14,15). The first-order valence-electron chi connectivity index (χ1n) is 5.39. The van der Waals surface area contributed by atoms with Gasteiger partial charge in [0.05, 0.1) is 0 Å². The zero-order chi connectivity index (χ0) is 11.5. The van der Waals surface area contributed by atoms with Crippen molar-refractivity contribution in [2.45, 2.75) is 26.0 Å². The van der Waals surface area contributed by atoms with Crippen LogP contribution in [0.1, 0.15) is 18.1 Å². The van der Waals surface area contributed by atoms with Gasteiger partial charge < -0.3 is 15.2 Å². The van der Waals surface area contributed by atoms with Crippen molar-refractivity contribution >= 4 is 5.97 Å². The van der Waals surface area contributed by atoms with Crippen LogP contribution in [0.3, 0.4) is 0 Å². The van der Waals surface area contributed by atoms with Crippen molar-refractivity contribution in [1.82, 2.24) is 5.32 Å². The van der Waals surface area contributed by atoms with Crippen LogP contribution < -0.4 is 10.1 Å². The second-order valence-corrected chi connectivity index (χ2v) is 3.96. The fourth-order valence-corrected chi connectivity index (χ4v) is 1.78. The molecule has 1 atom stereocenters. The smallest absolute Gasteiger partial charge is 0.344 e. The number of aliphatic carboxylic acids is 1. The molecular weight excluding hydrogens is 206 g/mol. The molecule has 1 aromatic carbocycles. The number of carboxylic acid groups (broad SMARTS) is 1. The molecule has 0 saturated carbocycles. The molecule has 0 aliphatic carbocycles. The van der Waals surface area contributed by atoms with Crippen LogP contribution in [0.4, 0.5) is 0 Å². The number of carboxylic acids is 1. The Hall–Kier alpha value is -1.55. The number of nitrogens with one attached hydrogen (secondary N) is 1. The Morgan fingerprint density at radius 3 is 3.06 bits per heavy atom. The molecule has 0 radical (unpaired) electrons. The van der Waals surface area contributed by atoms with Crippen LogP contribution in [0, 0.1) is 0 Å². The maximum Gasteiger partial charge on any atom is 0.344 e. The SMILES string of the molecule is CC(Oc1ccc2c(c1)CCNC2)C(=O)O. The summed E-state index contributed by atoms with van der Waals surface area (Å²) >= 11 is 0. The molecule has 0 saturated heterocycles. The number of carbonyl (C=O) groups is 1. The summed E-state index contributed by atoms with van der Waals surface area (Å²) in [5.74, 6) is -0.310. The average Bonchev–Trinajstić information content (AvgIpc) is 2.28. The topological polar surface area (TPSA) is 58.6 Å². The molecule has 16 heavy (non-hydrogen) atoms. The van der Waals surface area contributed by atoms with Gasteiger partial charge in [-0.25, -0.2) is 4.79 Å². The summed E-state index contributed by atoms with van der Waals surface area (Å²) in [6.07, 6.45) is 0.160. The summed E-state index contributed by atoms with van der Waals surface area (Å²) in [7, 11) is 0. The molecule has 4 heteroatoms. The molecular formula is C12H15NO3. The molecule has 4 nitrogen and oxygen atoms in total. The molecule has 1 aliphatic rings. The van der Waals surface area contributed by atoms with Gasteiger partial charge in [0.25, 0.3) is 0 Å². The van der Waals surface area contributed by atoms with E-state index in [-0.39, 0.29) is 0 Å². The van der Waals surface area contributed by atoms with Crippen molar-refractivity contribution in [3.63, 3.8) is 0 Å². The number of hydrogen-bond donors (Lipinski definition) is 2. The van der Waals surface area contributed by atoms with E-state index < -0.39 is 12.1 Å². The van der Waals surface area contributed by atoms with E-state index in [0.29, 0.717) is 5.75 Å². The Bertz CT molecular complexity index is 403. The third kappa shape index (κ3) is 2.33. The quantitative estimate of drug-likeness (QED) is 0.804. The first-order valence-corrected chi connectivity index (χ1v) is 5.39. The Kier molecular flexibility index (Phi) is 3.10. The Morgan fingerprint density at radius 2 is 2.31 bits per heavy atom. The summed E-state index contributed by atoms with van der Waals surface area (Å²) in [4.78, 5) is 10.7. The highest BCUT2D eigenvalue weighted by atomic mass is 16.5. The van der Waals surface area contributed by atoms with Gasteiger partial charge >= 0.3 is 5.97 Å². The summed E-state index contributed by atoms with van der Waals surface area (Å²) in [5, 5.41) is 12.0. The van der Waals surface area contributed by atoms with E-state index >= 15 is 0 Å². The number of ether oxygens (including phenoxy) is 1. The van der Waals surface area contributed by atoms with Gasteiger partial charge in [0.15, 0.2) is 6.10 Å². The summed E-state index contributed by atoms with van der Waals surface area (Å²) in [6.45, 7) is 3.37. The molecule has 0 bridgehead atoms. The molecule has 0 aromatic heterocycles. The molecule has 0 fully saturated rings. The van der Waals surface area contributed by atoms with Gasteiger partial charge in [-0.05, 0) is 43.1 Å². The van der Waals surface area contributed by atoms with Crippen LogP contribution in [0.2, 0.25) is 0 Å². The highest BCUT2D eigenvalue weighted by Gasteiger charge is 2.14. The van der Waals surface area contributed by atoms with Crippen LogP contribution >= 0.6 is 0 Å². The van der Waals surface area contributed by atoms with Gasteiger partial charge in [0.2, 0.25) is 0 Å². The highest BCUT2D eigenvalue weighted by Crippen LogP contribution is 2.21. The second-order valence-electron chi connectivity index (χ2n) is 3.96. The molecule has 86 valence electrons. The Labute approximate surface area is 94.2 Å². The van der Waals surface area contributed by atoms with Crippen molar-refractivity contribution < 1.29 is 14.6 Å². The third-order valence-electron chi connectivity index (χ3n) is 2.72. The van der Waals surface area contributed by atoms with Gasteiger partial charge in [0.1, 0.15) is 5.75 Å². The molecule has 1 aliphatic heterocycles. The lowest BCUT2D eigenvalue weighted by atomic mass is 10.0. The normalized spacial score (nSPS) is 16.3.